The van der Waals surface area contributed by atoms with E-state index in [9.17, 15) is 9.90 Å². The van der Waals surface area contributed by atoms with Crippen LogP contribution in [0.5, 0.6) is 0 Å². The predicted molar refractivity (Wildman–Crippen MR) is 91.0 cm³/mol. The summed E-state index contributed by atoms with van der Waals surface area (Å²) in [5.41, 5.74) is -0.385. The third-order valence-corrected chi connectivity index (χ3v) is 5.18. The molecule has 1 aliphatic heterocycles. The Kier molecular flexibility index (Phi) is 5.83. The highest BCUT2D eigenvalue weighted by atomic mass is 16.5. The molecule has 1 unspecified atom stereocenters. The Labute approximate surface area is 144 Å². The Morgan fingerprint density at radius 1 is 1.42 bits per heavy atom. The van der Waals surface area contributed by atoms with Crippen LogP contribution in [0, 0.1) is 5.92 Å². The van der Waals surface area contributed by atoms with Crippen molar-refractivity contribution in [2.24, 2.45) is 5.92 Å². The van der Waals surface area contributed by atoms with Crippen molar-refractivity contribution in [1.82, 2.24) is 10.1 Å². The van der Waals surface area contributed by atoms with Crippen molar-refractivity contribution >= 4 is 5.78 Å². The van der Waals surface area contributed by atoms with E-state index in [1.54, 1.807) is 6.07 Å². The van der Waals surface area contributed by atoms with Crippen molar-refractivity contribution in [3.05, 3.63) is 17.5 Å². The molecule has 0 bridgehead atoms. The van der Waals surface area contributed by atoms with Gasteiger partial charge in [0.2, 0.25) is 0 Å². The Morgan fingerprint density at radius 2 is 2.12 bits per heavy atom. The van der Waals surface area contributed by atoms with Gasteiger partial charge < -0.3 is 14.4 Å². The van der Waals surface area contributed by atoms with Crippen LogP contribution in [-0.4, -0.2) is 59.9 Å². The minimum atomic E-state index is -0.581. The highest BCUT2D eigenvalue weighted by Gasteiger charge is 2.35. The second-order valence-corrected chi connectivity index (χ2v) is 7.99. The fraction of sp³-hybridized carbons (Fsp3) is 0.778. The summed E-state index contributed by atoms with van der Waals surface area (Å²) in [5.74, 6) is 1.12. The van der Waals surface area contributed by atoms with Crippen molar-refractivity contribution in [2.75, 3.05) is 33.4 Å². The highest BCUT2D eigenvalue weighted by molar-refractivity contribution is 5.89. The quantitative estimate of drug-likeness (QED) is 0.779. The zero-order valence-corrected chi connectivity index (χ0v) is 15.5. The number of hydrogen-bond acceptors (Lipinski definition) is 6. The van der Waals surface area contributed by atoms with Crippen LogP contribution in [0.15, 0.2) is 10.6 Å². The monoisotopic (exact) mass is 338 g/mol. The van der Waals surface area contributed by atoms with Gasteiger partial charge in [-0.05, 0) is 33.2 Å². The van der Waals surface area contributed by atoms with Crippen LogP contribution in [0.4, 0.5) is 0 Å². The van der Waals surface area contributed by atoms with Crippen LogP contribution < -0.4 is 0 Å². The molecule has 1 atom stereocenters. The summed E-state index contributed by atoms with van der Waals surface area (Å²) in [6.45, 7) is 10.1. The minimum absolute atomic E-state index is 0.0232. The van der Waals surface area contributed by atoms with E-state index >= 15 is 0 Å². The van der Waals surface area contributed by atoms with Gasteiger partial charge in [-0.1, -0.05) is 19.0 Å². The van der Waals surface area contributed by atoms with E-state index in [4.69, 9.17) is 9.26 Å². The summed E-state index contributed by atoms with van der Waals surface area (Å²) in [7, 11) is 1.98. The Balaban J connectivity index is 1.99. The van der Waals surface area contributed by atoms with Crippen LogP contribution in [0.2, 0.25) is 0 Å². The molecule has 6 heteroatoms. The number of carbonyl (C=O) groups is 1. The van der Waals surface area contributed by atoms with Crippen LogP contribution in [-0.2, 0) is 21.4 Å². The summed E-state index contributed by atoms with van der Waals surface area (Å²) < 4.78 is 10.7. The molecule has 1 N–H and O–H groups in total. The number of aromatic nitrogens is 1. The number of ether oxygens (including phenoxy) is 1. The van der Waals surface area contributed by atoms with E-state index in [0.717, 1.165) is 26.2 Å². The van der Waals surface area contributed by atoms with Crippen LogP contribution in [0.1, 0.15) is 45.6 Å². The molecule has 24 heavy (non-hydrogen) atoms. The second-order valence-electron chi connectivity index (χ2n) is 7.99. The molecular weight excluding hydrogens is 308 g/mol. The Hall–Kier alpha value is -1.24. The van der Waals surface area contributed by atoms with Gasteiger partial charge in [-0.25, -0.2) is 0 Å². The maximum Gasteiger partial charge on any atom is 0.160 e. The molecule has 1 saturated heterocycles. The number of Topliss-reactive ketones (excluding diaryl/α,β-unsaturated/α-hetero) is 1. The Bertz CT molecular complexity index is 559. The Morgan fingerprint density at radius 3 is 2.71 bits per heavy atom. The molecule has 0 radical (unpaired) electrons. The maximum absolute atomic E-state index is 12.8. The van der Waals surface area contributed by atoms with Gasteiger partial charge in [0.1, 0.15) is 5.76 Å². The van der Waals surface area contributed by atoms with Crippen LogP contribution in [0.25, 0.3) is 0 Å². The SMILES string of the molecule is CN(CC1CCOC1)C(C)(C)C(=O)Cc1cc(C(C)(C)CO)no1. The maximum atomic E-state index is 12.8. The van der Waals surface area contributed by atoms with Gasteiger partial charge in [-0.3, -0.25) is 9.69 Å². The van der Waals surface area contributed by atoms with Gasteiger partial charge in [-0.2, -0.15) is 0 Å². The van der Waals surface area contributed by atoms with Gasteiger partial charge in [0.05, 0.1) is 30.9 Å². The lowest BCUT2D eigenvalue weighted by molar-refractivity contribution is -0.128. The van der Waals surface area contributed by atoms with E-state index in [1.165, 1.54) is 0 Å². The summed E-state index contributed by atoms with van der Waals surface area (Å²) in [6.07, 6.45) is 1.25. The molecule has 0 aromatic carbocycles. The molecule has 0 saturated carbocycles. The van der Waals surface area contributed by atoms with Gasteiger partial charge in [0, 0.05) is 24.6 Å². The van der Waals surface area contributed by atoms with E-state index in [-0.39, 0.29) is 18.8 Å². The van der Waals surface area contributed by atoms with E-state index < -0.39 is 11.0 Å². The molecule has 2 rings (SSSR count). The molecular formula is C18H30N2O4. The van der Waals surface area contributed by atoms with E-state index in [0.29, 0.717) is 17.4 Å². The molecule has 1 fully saturated rings. The molecule has 2 heterocycles. The molecule has 1 aromatic heterocycles. The van der Waals surface area contributed by atoms with Gasteiger partial charge in [0.25, 0.3) is 0 Å². The highest BCUT2D eigenvalue weighted by Crippen LogP contribution is 2.24. The molecule has 1 aromatic rings. The number of likely N-dealkylation sites (N-methyl/N-ethyl adjacent to an activating group) is 1. The first-order valence-electron chi connectivity index (χ1n) is 8.56. The third-order valence-electron chi connectivity index (χ3n) is 5.18. The number of aliphatic hydroxyl groups excluding tert-OH is 1. The zero-order valence-electron chi connectivity index (χ0n) is 15.5. The lowest BCUT2D eigenvalue weighted by Gasteiger charge is -2.35. The van der Waals surface area contributed by atoms with Crippen molar-refractivity contribution in [1.29, 1.82) is 0 Å². The number of carbonyl (C=O) groups excluding carboxylic acids is 1. The molecule has 0 amide bonds. The molecule has 6 nitrogen and oxygen atoms in total. The summed E-state index contributed by atoms with van der Waals surface area (Å²) in [5, 5.41) is 13.4. The molecule has 0 spiro atoms. The van der Waals surface area contributed by atoms with Crippen LogP contribution in [0.3, 0.4) is 0 Å². The molecule has 1 aliphatic rings. The first kappa shape index (κ1) is 19.1. The summed E-state index contributed by atoms with van der Waals surface area (Å²) in [6, 6.07) is 1.77. The standard InChI is InChI=1S/C18H30N2O4/c1-17(2,12-21)15-8-14(24-19-15)9-16(22)18(3,4)20(5)10-13-6-7-23-11-13/h8,13,21H,6-7,9-12H2,1-5H3. The number of hydrogen-bond donors (Lipinski definition) is 1. The predicted octanol–water partition coefficient (Wildman–Crippen LogP) is 1.80. The van der Waals surface area contributed by atoms with E-state index in [1.807, 2.05) is 34.7 Å². The average molecular weight is 338 g/mol. The topological polar surface area (TPSA) is 75.8 Å². The van der Waals surface area contributed by atoms with Crippen molar-refractivity contribution < 1.29 is 19.2 Å². The summed E-state index contributed by atoms with van der Waals surface area (Å²) in [4.78, 5) is 14.9. The summed E-state index contributed by atoms with van der Waals surface area (Å²) >= 11 is 0. The van der Waals surface area contributed by atoms with Crippen molar-refractivity contribution in [2.45, 2.75) is 51.5 Å². The van der Waals surface area contributed by atoms with Crippen molar-refractivity contribution in [3.63, 3.8) is 0 Å². The number of aliphatic hydroxyl groups is 1. The number of rotatable bonds is 8. The lowest BCUT2D eigenvalue weighted by Crippen LogP contribution is -2.50. The minimum Gasteiger partial charge on any atom is -0.395 e. The van der Waals surface area contributed by atoms with Gasteiger partial charge in [-0.15, -0.1) is 0 Å². The zero-order chi connectivity index (χ0) is 18.0. The number of ketones is 1. The first-order valence-corrected chi connectivity index (χ1v) is 8.56. The molecule has 136 valence electrons. The normalized spacial score (nSPS) is 19.2. The number of nitrogens with zero attached hydrogens (tertiary/aromatic N) is 2. The fourth-order valence-corrected chi connectivity index (χ4v) is 2.73. The van der Waals surface area contributed by atoms with E-state index in [2.05, 4.69) is 10.1 Å². The fourth-order valence-electron chi connectivity index (χ4n) is 2.73. The third kappa shape index (κ3) is 4.23. The smallest absolute Gasteiger partial charge is 0.160 e. The largest absolute Gasteiger partial charge is 0.395 e. The first-order chi connectivity index (χ1) is 11.2. The second kappa shape index (κ2) is 7.33. The van der Waals surface area contributed by atoms with Gasteiger partial charge >= 0.3 is 0 Å². The molecule has 0 aliphatic carbocycles. The van der Waals surface area contributed by atoms with Crippen LogP contribution >= 0.6 is 0 Å². The average Bonchev–Trinajstić information content (AvgIpc) is 3.19. The van der Waals surface area contributed by atoms with Crippen molar-refractivity contribution in [3.8, 4) is 0 Å². The lowest BCUT2D eigenvalue weighted by atomic mass is 9.89. The van der Waals surface area contributed by atoms with Gasteiger partial charge in [0.15, 0.2) is 5.78 Å².